The number of nitrogens with one attached hydrogen (secondary N) is 1. The van der Waals surface area contributed by atoms with Crippen molar-refractivity contribution >= 4 is 34.4 Å². The molecule has 0 aromatic heterocycles. The molecule has 0 unspecified atom stereocenters. The number of hydrogen-bond acceptors (Lipinski definition) is 4. The Labute approximate surface area is 115 Å². The molecule has 2 amide bonds. The second kappa shape index (κ2) is 5.05. The number of thioether (sulfide) groups is 1. The van der Waals surface area contributed by atoms with Crippen molar-refractivity contribution in [2.75, 3.05) is 18.4 Å². The summed E-state index contributed by atoms with van der Waals surface area (Å²) in [5.74, 6) is -0.136. The molecule has 5 nitrogen and oxygen atoms in total. The first-order valence-corrected chi connectivity index (χ1v) is 6.99. The third kappa shape index (κ3) is 2.49. The molecule has 0 spiro atoms. The van der Waals surface area contributed by atoms with Gasteiger partial charge in [-0.3, -0.25) is 19.5 Å². The van der Waals surface area contributed by atoms with Crippen LogP contribution in [0.2, 0.25) is 0 Å². The summed E-state index contributed by atoms with van der Waals surface area (Å²) in [5, 5.41) is 3.23. The lowest BCUT2D eigenvalue weighted by Gasteiger charge is -2.10. The number of para-hydroxylation sites is 1. The van der Waals surface area contributed by atoms with E-state index in [9.17, 15) is 9.59 Å². The van der Waals surface area contributed by atoms with Crippen molar-refractivity contribution in [1.29, 1.82) is 0 Å². The molecule has 0 bridgehead atoms. The number of nitrogens with zero attached hydrogens (tertiary/aromatic N) is 2. The van der Waals surface area contributed by atoms with Gasteiger partial charge in [-0.15, -0.1) is 0 Å². The molecule has 0 saturated carbocycles. The van der Waals surface area contributed by atoms with Crippen LogP contribution in [0.3, 0.4) is 0 Å². The number of hydrogen-bond donors (Lipinski definition) is 1. The molecule has 1 saturated heterocycles. The van der Waals surface area contributed by atoms with E-state index in [0.717, 1.165) is 10.9 Å². The Morgan fingerprint density at radius 3 is 2.95 bits per heavy atom. The maximum atomic E-state index is 12.0. The van der Waals surface area contributed by atoms with E-state index in [2.05, 4.69) is 10.3 Å². The minimum atomic E-state index is -0.331. The van der Waals surface area contributed by atoms with Gasteiger partial charge in [-0.1, -0.05) is 30.0 Å². The van der Waals surface area contributed by atoms with Crippen molar-refractivity contribution in [3.63, 3.8) is 0 Å². The van der Waals surface area contributed by atoms with Crippen molar-refractivity contribution < 1.29 is 9.59 Å². The summed E-state index contributed by atoms with van der Waals surface area (Å²) in [6.45, 7) is 1.33. The topological polar surface area (TPSA) is 61.8 Å². The molecule has 2 aliphatic heterocycles. The molecule has 2 heterocycles. The van der Waals surface area contributed by atoms with Gasteiger partial charge in [-0.2, -0.15) is 0 Å². The number of carbonyl (C=O) groups is 2. The van der Waals surface area contributed by atoms with Crippen LogP contribution in [0, 0.1) is 0 Å². The molecule has 2 aliphatic rings. The molecule has 3 rings (SSSR count). The molecule has 0 aliphatic carbocycles. The first-order valence-electron chi connectivity index (χ1n) is 6.11. The van der Waals surface area contributed by atoms with Crippen LogP contribution in [0.1, 0.15) is 6.42 Å². The van der Waals surface area contributed by atoms with Gasteiger partial charge in [-0.25, -0.2) is 0 Å². The minimum absolute atomic E-state index is 0.00413. The van der Waals surface area contributed by atoms with E-state index in [4.69, 9.17) is 0 Å². The fourth-order valence-electron chi connectivity index (χ4n) is 2.11. The van der Waals surface area contributed by atoms with Crippen molar-refractivity contribution in [1.82, 2.24) is 4.90 Å². The number of benzene rings is 1. The highest BCUT2D eigenvalue weighted by Crippen LogP contribution is 2.31. The van der Waals surface area contributed by atoms with Gasteiger partial charge in [0.2, 0.25) is 11.8 Å². The minimum Gasteiger partial charge on any atom is -0.326 e. The Balaban J connectivity index is 1.60. The van der Waals surface area contributed by atoms with E-state index in [1.54, 1.807) is 4.90 Å². The number of aliphatic imine (C=N–C) groups is 1. The highest BCUT2D eigenvalue weighted by atomic mass is 32.2. The number of rotatable bonds is 3. The van der Waals surface area contributed by atoms with E-state index < -0.39 is 0 Å². The average molecular weight is 275 g/mol. The van der Waals surface area contributed by atoms with Gasteiger partial charge in [-0.05, 0) is 12.1 Å². The number of amides is 2. The maximum absolute atomic E-state index is 12.0. The van der Waals surface area contributed by atoms with Crippen molar-refractivity contribution in [2.24, 2.45) is 4.99 Å². The van der Waals surface area contributed by atoms with E-state index in [1.807, 2.05) is 30.3 Å². The average Bonchev–Trinajstić information content (AvgIpc) is 2.96. The third-order valence-electron chi connectivity index (χ3n) is 3.02. The Morgan fingerprint density at radius 1 is 1.42 bits per heavy atom. The molecule has 6 heteroatoms. The first-order chi connectivity index (χ1) is 9.24. The number of amidine groups is 1. The van der Waals surface area contributed by atoms with E-state index in [0.29, 0.717) is 13.1 Å². The van der Waals surface area contributed by atoms with Gasteiger partial charge in [0.05, 0.1) is 6.54 Å². The summed E-state index contributed by atoms with van der Waals surface area (Å²) in [5.41, 5.74) is 0.751. The zero-order valence-electron chi connectivity index (χ0n) is 10.2. The maximum Gasteiger partial charge on any atom is 0.242 e. The number of carbonyl (C=O) groups excluding carboxylic acids is 2. The van der Waals surface area contributed by atoms with E-state index >= 15 is 0 Å². The summed E-state index contributed by atoms with van der Waals surface area (Å²) >= 11 is 1.39. The molecule has 1 fully saturated rings. The van der Waals surface area contributed by atoms with Gasteiger partial charge in [0.25, 0.3) is 0 Å². The predicted octanol–water partition coefficient (Wildman–Crippen LogP) is 1.33. The van der Waals surface area contributed by atoms with Gasteiger partial charge in [0, 0.05) is 18.7 Å². The third-order valence-corrected chi connectivity index (χ3v) is 4.23. The summed E-state index contributed by atoms with van der Waals surface area (Å²) in [4.78, 5) is 29.8. The molecular weight excluding hydrogens is 262 g/mol. The lowest BCUT2D eigenvalue weighted by Crippen LogP contribution is -2.32. The Morgan fingerprint density at radius 2 is 2.21 bits per heavy atom. The van der Waals surface area contributed by atoms with E-state index in [1.165, 1.54) is 11.8 Å². The van der Waals surface area contributed by atoms with E-state index in [-0.39, 0.29) is 23.5 Å². The molecule has 1 N–H and O–H groups in total. The van der Waals surface area contributed by atoms with Crippen LogP contribution in [0.4, 0.5) is 5.69 Å². The van der Waals surface area contributed by atoms with Gasteiger partial charge in [0.1, 0.15) is 5.25 Å². The van der Waals surface area contributed by atoms with Gasteiger partial charge in [0.15, 0.2) is 5.17 Å². The lowest BCUT2D eigenvalue weighted by molar-refractivity contribution is -0.127. The summed E-state index contributed by atoms with van der Waals surface area (Å²) in [7, 11) is 0. The number of anilines is 1. The summed E-state index contributed by atoms with van der Waals surface area (Å²) in [6, 6.07) is 9.25. The van der Waals surface area contributed by atoms with Crippen molar-refractivity contribution in [3.8, 4) is 0 Å². The molecule has 19 heavy (non-hydrogen) atoms. The largest absolute Gasteiger partial charge is 0.326 e. The highest BCUT2D eigenvalue weighted by molar-refractivity contribution is 8.15. The predicted molar refractivity (Wildman–Crippen MR) is 75.1 cm³/mol. The van der Waals surface area contributed by atoms with Crippen LogP contribution in [-0.2, 0) is 9.59 Å². The molecule has 98 valence electrons. The summed E-state index contributed by atoms with van der Waals surface area (Å²) < 4.78 is 0. The normalized spacial score (nSPS) is 21.3. The van der Waals surface area contributed by atoms with Crippen molar-refractivity contribution in [2.45, 2.75) is 11.7 Å². The molecule has 1 aromatic rings. The highest BCUT2D eigenvalue weighted by Gasteiger charge is 2.40. The van der Waals surface area contributed by atoms with Crippen LogP contribution in [0.5, 0.6) is 0 Å². The monoisotopic (exact) mass is 275 g/mol. The Hall–Kier alpha value is -1.82. The van der Waals surface area contributed by atoms with Gasteiger partial charge >= 0.3 is 0 Å². The molecule has 1 atom stereocenters. The van der Waals surface area contributed by atoms with Crippen LogP contribution in [0.15, 0.2) is 35.3 Å². The van der Waals surface area contributed by atoms with Crippen LogP contribution >= 0.6 is 11.8 Å². The van der Waals surface area contributed by atoms with Crippen LogP contribution < -0.4 is 5.32 Å². The molecular formula is C13H13N3O2S. The van der Waals surface area contributed by atoms with Gasteiger partial charge < -0.3 is 5.32 Å². The second-order valence-corrected chi connectivity index (χ2v) is 5.55. The standard InChI is InChI=1S/C13H13N3O2S/c17-11(15-9-4-2-1-3-5-9)8-10-12(18)16-7-6-14-13(16)19-10/h1-5,10H,6-8H2,(H,15,17)/t10-/m1/s1. The van der Waals surface area contributed by atoms with Crippen molar-refractivity contribution in [3.05, 3.63) is 30.3 Å². The molecule has 0 radical (unpaired) electrons. The first kappa shape index (κ1) is 12.2. The SMILES string of the molecule is O=C(C[C@H]1SC2=NCCN2C1=O)Nc1ccccc1. The van der Waals surface area contributed by atoms with Crippen LogP contribution in [0.25, 0.3) is 0 Å². The second-order valence-electron chi connectivity index (χ2n) is 4.38. The molecule has 1 aromatic carbocycles. The lowest BCUT2D eigenvalue weighted by atomic mass is 10.2. The summed E-state index contributed by atoms with van der Waals surface area (Å²) in [6.07, 6.45) is 0.188. The fraction of sp³-hybridized carbons (Fsp3) is 0.308. The Bertz CT molecular complexity index is 544. The smallest absolute Gasteiger partial charge is 0.242 e. The number of fused-ring (bicyclic) bond motifs is 1. The van der Waals surface area contributed by atoms with Crippen LogP contribution in [-0.4, -0.2) is 40.2 Å². The quantitative estimate of drug-likeness (QED) is 0.905. The fourth-order valence-corrected chi connectivity index (χ4v) is 3.31. The zero-order chi connectivity index (χ0) is 13.2. The zero-order valence-corrected chi connectivity index (χ0v) is 11.0. The Kier molecular flexibility index (Phi) is 3.25.